The molecule has 4 heteroatoms. The first-order valence-electron chi connectivity index (χ1n) is 6.80. The van der Waals surface area contributed by atoms with Gasteiger partial charge in [0.15, 0.2) is 0 Å². The Balaban J connectivity index is 2.75. The molecule has 0 heterocycles. The summed E-state index contributed by atoms with van der Waals surface area (Å²) in [5, 5.41) is 2.93. The zero-order valence-electron chi connectivity index (χ0n) is 12.3. The van der Waals surface area contributed by atoms with Gasteiger partial charge in [0, 0.05) is 24.8 Å². The molecule has 0 saturated carbocycles. The molecule has 4 nitrogen and oxygen atoms in total. The van der Waals surface area contributed by atoms with Crippen LogP contribution in [0.1, 0.15) is 33.3 Å². The molecule has 0 aliphatic rings. The van der Waals surface area contributed by atoms with E-state index in [1.165, 1.54) is 0 Å². The number of carbonyl (C=O) groups excluding carboxylic acids is 1. The van der Waals surface area contributed by atoms with E-state index < -0.39 is 0 Å². The monoisotopic (exact) mass is 263 g/mol. The maximum atomic E-state index is 12.3. The van der Waals surface area contributed by atoms with Gasteiger partial charge in [-0.25, -0.2) is 4.79 Å². The average molecular weight is 263 g/mol. The highest BCUT2D eigenvalue weighted by molar-refractivity contribution is 5.89. The van der Waals surface area contributed by atoms with Crippen LogP contribution in [0, 0.1) is 5.92 Å². The molecule has 0 aromatic heterocycles. The summed E-state index contributed by atoms with van der Waals surface area (Å²) in [7, 11) is 0. The Hall–Kier alpha value is -1.55. The van der Waals surface area contributed by atoms with Gasteiger partial charge in [-0.1, -0.05) is 26.0 Å². The predicted molar refractivity (Wildman–Crippen MR) is 80.0 cm³/mol. The molecule has 19 heavy (non-hydrogen) atoms. The van der Waals surface area contributed by atoms with Gasteiger partial charge in [0.25, 0.3) is 0 Å². The smallest absolute Gasteiger partial charge is 0.322 e. The average Bonchev–Trinajstić information content (AvgIpc) is 2.35. The van der Waals surface area contributed by atoms with Crippen LogP contribution in [-0.2, 0) is 6.54 Å². The fraction of sp³-hybridized carbons (Fsp3) is 0.533. The van der Waals surface area contributed by atoms with Crippen LogP contribution in [-0.4, -0.2) is 23.5 Å². The third-order valence-electron chi connectivity index (χ3n) is 2.86. The summed E-state index contributed by atoms with van der Waals surface area (Å²) in [5.41, 5.74) is 7.41. The number of nitrogens with two attached hydrogens (primary N) is 1. The van der Waals surface area contributed by atoms with Gasteiger partial charge >= 0.3 is 6.03 Å². The standard InChI is InChI=1S/C15H25N3O/c1-11(2)10-18(12(3)4)15(19)17-14-7-5-6-13(8-14)9-16/h5-8,11-12H,9-10,16H2,1-4H3,(H,17,19). The minimum absolute atomic E-state index is 0.0575. The molecule has 2 amide bonds. The molecule has 106 valence electrons. The lowest BCUT2D eigenvalue weighted by Crippen LogP contribution is -2.42. The first-order valence-corrected chi connectivity index (χ1v) is 6.80. The molecule has 0 saturated heterocycles. The molecular weight excluding hydrogens is 238 g/mol. The molecule has 3 N–H and O–H groups in total. The summed E-state index contributed by atoms with van der Waals surface area (Å²) in [5.74, 6) is 0.448. The number of hydrogen-bond donors (Lipinski definition) is 2. The maximum absolute atomic E-state index is 12.3. The van der Waals surface area contributed by atoms with Gasteiger partial charge < -0.3 is 16.0 Å². The Kier molecular flexibility index (Phi) is 5.83. The number of urea groups is 1. The second-order valence-electron chi connectivity index (χ2n) is 5.47. The van der Waals surface area contributed by atoms with Gasteiger partial charge in [0.1, 0.15) is 0 Å². The van der Waals surface area contributed by atoms with Crippen LogP contribution in [0.4, 0.5) is 10.5 Å². The van der Waals surface area contributed by atoms with Gasteiger partial charge in [0.2, 0.25) is 0 Å². The lowest BCUT2D eigenvalue weighted by molar-refractivity contribution is 0.188. The number of hydrogen-bond acceptors (Lipinski definition) is 2. The van der Waals surface area contributed by atoms with Crippen molar-refractivity contribution in [1.29, 1.82) is 0 Å². The fourth-order valence-electron chi connectivity index (χ4n) is 1.89. The van der Waals surface area contributed by atoms with Crippen molar-refractivity contribution < 1.29 is 4.79 Å². The summed E-state index contributed by atoms with van der Waals surface area (Å²) >= 11 is 0. The Morgan fingerprint density at radius 3 is 2.53 bits per heavy atom. The van der Waals surface area contributed by atoms with Gasteiger partial charge in [-0.2, -0.15) is 0 Å². The van der Waals surface area contributed by atoms with Crippen LogP contribution < -0.4 is 11.1 Å². The molecule has 1 aromatic rings. The summed E-state index contributed by atoms with van der Waals surface area (Å²) in [6, 6.07) is 7.76. The minimum Gasteiger partial charge on any atom is -0.326 e. The van der Waals surface area contributed by atoms with E-state index in [-0.39, 0.29) is 12.1 Å². The number of benzene rings is 1. The minimum atomic E-state index is -0.0575. The lowest BCUT2D eigenvalue weighted by Gasteiger charge is -2.28. The van der Waals surface area contributed by atoms with E-state index in [4.69, 9.17) is 5.73 Å². The second-order valence-corrected chi connectivity index (χ2v) is 5.47. The SMILES string of the molecule is CC(C)CN(C(=O)Nc1cccc(CN)c1)C(C)C. The van der Waals surface area contributed by atoms with Crippen molar-refractivity contribution in [3.8, 4) is 0 Å². The van der Waals surface area contributed by atoms with Crippen LogP contribution in [0.25, 0.3) is 0 Å². The largest absolute Gasteiger partial charge is 0.326 e. The number of nitrogens with one attached hydrogen (secondary N) is 1. The zero-order valence-corrected chi connectivity index (χ0v) is 12.3. The highest BCUT2D eigenvalue weighted by atomic mass is 16.2. The van der Waals surface area contributed by atoms with E-state index in [2.05, 4.69) is 19.2 Å². The normalized spacial score (nSPS) is 10.9. The van der Waals surface area contributed by atoms with E-state index in [1.54, 1.807) is 0 Å². The fourth-order valence-corrected chi connectivity index (χ4v) is 1.89. The first-order chi connectivity index (χ1) is 8.93. The highest BCUT2D eigenvalue weighted by Gasteiger charge is 2.18. The number of rotatable bonds is 5. The topological polar surface area (TPSA) is 58.4 Å². The summed E-state index contributed by atoms with van der Waals surface area (Å²) in [6.07, 6.45) is 0. The molecular formula is C15H25N3O. The van der Waals surface area contributed by atoms with Crippen molar-refractivity contribution in [3.63, 3.8) is 0 Å². The highest BCUT2D eigenvalue weighted by Crippen LogP contribution is 2.13. The Labute approximate surface area is 116 Å². The van der Waals surface area contributed by atoms with Gasteiger partial charge in [-0.15, -0.1) is 0 Å². The van der Waals surface area contributed by atoms with E-state index in [9.17, 15) is 4.79 Å². The third-order valence-corrected chi connectivity index (χ3v) is 2.86. The second kappa shape index (κ2) is 7.14. The maximum Gasteiger partial charge on any atom is 0.322 e. The molecule has 0 spiro atoms. The molecule has 0 unspecified atom stereocenters. The van der Waals surface area contributed by atoms with Crippen LogP contribution in [0.15, 0.2) is 24.3 Å². The summed E-state index contributed by atoms with van der Waals surface area (Å²) < 4.78 is 0. The number of nitrogens with zero attached hydrogens (tertiary/aromatic N) is 1. The summed E-state index contributed by atoms with van der Waals surface area (Å²) in [6.45, 7) is 9.50. The molecule has 0 radical (unpaired) electrons. The molecule has 1 aromatic carbocycles. The van der Waals surface area contributed by atoms with E-state index in [0.717, 1.165) is 17.8 Å². The van der Waals surface area contributed by atoms with Crippen molar-refractivity contribution in [2.24, 2.45) is 11.7 Å². The lowest BCUT2D eigenvalue weighted by atomic mass is 10.2. The molecule has 1 rings (SSSR count). The van der Waals surface area contributed by atoms with Gasteiger partial charge in [-0.3, -0.25) is 0 Å². The van der Waals surface area contributed by atoms with Crippen molar-refractivity contribution >= 4 is 11.7 Å². The quantitative estimate of drug-likeness (QED) is 0.857. The third kappa shape index (κ3) is 4.91. The molecule has 0 atom stereocenters. The number of anilines is 1. The van der Waals surface area contributed by atoms with Crippen molar-refractivity contribution in [2.75, 3.05) is 11.9 Å². The Bertz CT molecular complexity index is 416. The van der Waals surface area contributed by atoms with Crippen molar-refractivity contribution in [3.05, 3.63) is 29.8 Å². The van der Waals surface area contributed by atoms with Crippen LogP contribution in [0.3, 0.4) is 0 Å². The van der Waals surface area contributed by atoms with Crippen molar-refractivity contribution in [1.82, 2.24) is 4.90 Å². The predicted octanol–water partition coefficient (Wildman–Crippen LogP) is 3.04. The van der Waals surface area contributed by atoms with Crippen LogP contribution in [0.5, 0.6) is 0 Å². The van der Waals surface area contributed by atoms with Gasteiger partial charge in [-0.05, 0) is 37.5 Å². The molecule has 0 aliphatic heterocycles. The molecule has 0 bridgehead atoms. The van der Waals surface area contributed by atoms with E-state index in [0.29, 0.717) is 12.5 Å². The van der Waals surface area contributed by atoms with Gasteiger partial charge in [0.05, 0.1) is 0 Å². The number of amides is 2. The first kappa shape index (κ1) is 15.5. The van der Waals surface area contributed by atoms with E-state index in [1.807, 2.05) is 43.0 Å². The number of carbonyl (C=O) groups is 1. The Morgan fingerprint density at radius 1 is 1.32 bits per heavy atom. The van der Waals surface area contributed by atoms with Crippen LogP contribution in [0.2, 0.25) is 0 Å². The molecule has 0 fully saturated rings. The zero-order chi connectivity index (χ0) is 14.4. The summed E-state index contributed by atoms with van der Waals surface area (Å²) in [4.78, 5) is 14.1. The van der Waals surface area contributed by atoms with E-state index >= 15 is 0 Å². The van der Waals surface area contributed by atoms with Crippen molar-refractivity contribution in [2.45, 2.75) is 40.3 Å². The molecule has 0 aliphatic carbocycles. The Morgan fingerprint density at radius 2 is 2.00 bits per heavy atom. The van der Waals surface area contributed by atoms with Crippen LogP contribution >= 0.6 is 0 Å².